The molecule has 0 bridgehead atoms. The molecule has 0 aromatic carbocycles. The standard InChI is InChI=1S/2C7H13.C4H9N.CH3.Nb/c2*1-7-5-3-2-4-6-7;1-3-4(2)5;;/h2*2,7H,3-6H2,1H3;4H,3H2,1-2H3;1H3;/q2*-1;;-1;. The van der Waals surface area contributed by atoms with Crippen molar-refractivity contribution in [2.75, 3.05) is 0 Å². The van der Waals surface area contributed by atoms with E-state index in [0.717, 1.165) is 11.8 Å². The van der Waals surface area contributed by atoms with Crippen molar-refractivity contribution in [1.82, 2.24) is 0 Å². The summed E-state index contributed by atoms with van der Waals surface area (Å²) in [6, 6.07) is 0.582. The first-order chi connectivity index (χ1) is 9.60. The summed E-state index contributed by atoms with van der Waals surface area (Å²) in [4.78, 5) is 0. The molecule has 127 valence electrons. The van der Waals surface area contributed by atoms with E-state index >= 15 is 0 Å². The van der Waals surface area contributed by atoms with Crippen LogP contribution in [0.15, 0.2) is 3.34 Å². The van der Waals surface area contributed by atoms with Gasteiger partial charge < -0.3 is 20.3 Å². The normalized spacial score (nSPS) is 20.7. The molecule has 1 nitrogen and oxygen atoms in total. The van der Waals surface area contributed by atoms with E-state index < -0.39 is 0 Å². The first-order valence-electron chi connectivity index (χ1n) is 8.57. The van der Waals surface area contributed by atoms with Crippen LogP contribution in [0.25, 0.3) is 0 Å². The number of hydrogen-bond donors (Lipinski definition) is 0. The molecule has 2 rings (SSSR count). The summed E-state index contributed by atoms with van der Waals surface area (Å²) in [5.41, 5.74) is 0. The van der Waals surface area contributed by atoms with Crippen LogP contribution in [-0.4, -0.2) is 6.04 Å². The third kappa shape index (κ3) is 16.7. The SMILES string of the molecule is CC1CC[CH-]CC1.CC1CC[CH-]CC1.CCC(C)[N]=[Nb].[CH3-]. The van der Waals surface area contributed by atoms with Gasteiger partial charge in [-0.25, -0.2) is 0 Å². The van der Waals surface area contributed by atoms with Gasteiger partial charge in [-0.2, -0.15) is 25.7 Å². The molecular weight excluding hydrogens is 335 g/mol. The molecule has 0 aromatic rings. The molecule has 2 aliphatic carbocycles. The minimum Gasteiger partial charge on any atom is -0.358 e. The van der Waals surface area contributed by atoms with Gasteiger partial charge >= 0.3 is 50.5 Å². The van der Waals surface area contributed by atoms with Crippen LogP contribution >= 0.6 is 0 Å². The second-order valence-electron chi connectivity index (χ2n) is 6.47. The molecule has 21 heavy (non-hydrogen) atoms. The molecular formula is C19H38NNb-3. The van der Waals surface area contributed by atoms with Gasteiger partial charge in [-0.15, -0.1) is 0 Å². The molecule has 0 aliphatic heterocycles. The average Bonchev–Trinajstić information content (AvgIpc) is 2.49. The van der Waals surface area contributed by atoms with E-state index in [0.29, 0.717) is 6.04 Å². The third-order valence-electron chi connectivity index (χ3n) is 4.24. The fraction of sp³-hybridized carbons (Fsp3) is 0.842. The van der Waals surface area contributed by atoms with Crippen molar-refractivity contribution in [2.45, 2.75) is 91.5 Å². The molecule has 0 spiro atoms. The summed E-state index contributed by atoms with van der Waals surface area (Å²) in [6.07, 6.45) is 17.2. The Morgan fingerprint density at radius 3 is 1.38 bits per heavy atom. The Balaban J connectivity index is 0. The van der Waals surface area contributed by atoms with Crippen LogP contribution in [-0.2, 0) is 20.9 Å². The summed E-state index contributed by atoms with van der Waals surface area (Å²) in [5, 5.41) is 0. The molecule has 0 amide bonds. The van der Waals surface area contributed by atoms with Crippen LogP contribution in [0.4, 0.5) is 0 Å². The molecule has 1 atom stereocenters. The van der Waals surface area contributed by atoms with Crippen molar-refractivity contribution in [2.24, 2.45) is 15.2 Å². The smallest absolute Gasteiger partial charge is 0.358 e. The Labute approximate surface area is 147 Å². The first-order valence-corrected chi connectivity index (χ1v) is 9.55. The van der Waals surface area contributed by atoms with Gasteiger partial charge in [0.2, 0.25) is 0 Å². The van der Waals surface area contributed by atoms with E-state index in [1.807, 2.05) is 0 Å². The first kappa shape index (κ1) is 23.8. The zero-order chi connectivity index (χ0) is 15.2. The van der Waals surface area contributed by atoms with Crippen LogP contribution in [0.1, 0.15) is 85.5 Å². The Morgan fingerprint density at radius 1 is 0.952 bits per heavy atom. The van der Waals surface area contributed by atoms with Crippen molar-refractivity contribution >= 4 is 0 Å². The van der Waals surface area contributed by atoms with Gasteiger partial charge in [-0.3, -0.25) is 0 Å². The zero-order valence-corrected chi connectivity index (χ0v) is 17.3. The van der Waals surface area contributed by atoms with E-state index in [1.165, 1.54) is 57.8 Å². The van der Waals surface area contributed by atoms with Gasteiger partial charge in [-0.05, 0) is 11.8 Å². The van der Waals surface area contributed by atoms with Crippen molar-refractivity contribution < 1.29 is 20.9 Å². The van der Waals surface area contributed by atoms with Crippen LogP contribution in [0, 0.1) is 32.1 Å². The minimum absolute atomic E-state index is 0. The van der Waals surface area contributed by atoms with Crippen molar-refractivity contribution in [3.05, 3.63) is 20.3 Å². The second kappa shape index (κ2) is 16.9. The van der Waals surface area contributed by atoms with E-state index in [1.54, 1.807) is 20.9 Å². The predicted molar refractivity (Wildman–Crippen MR) is 92.5 cm³/mol. The topological polar surface area (TPSA) is 12.4 Å². The monoisotopic (exact) mass is 373 g/mol. The van der Waals surface area contributed by atoms with Crippen molar-refractivity contribution in [3.63, 3.8) is 0 Å². The van der Waals surface area contributed by atoms with Crippen LogP contribution in [0.5, 0.6) is 0 Å². The maximum Gasteiger partial charge on any atom is -0.358 e. The van der Waals surface area contributed by atoms with Gasteiger partial charge in [0.25, 0.3) is 0 Å². The summed E-state index contributed by atoms with van der Waals surface area (Å²) in [7, 11) is 0. The van der Waals surface area contributed by atoms with Crippen LogP contribution < -0.4 is 0 Å². The molecule has 2 saturated carbocycles. The number of rotatable bonds is 2. The fourth-order valence-electron chi connectivity index (χ4n) is 2.27. The summed E-state index contributed by atoms with van der Waals surface area (Å²) < 4.78 is 4.06. The van der Waals surface area contributed by atoms with E-state index in [-0.39, 0.29) is 7.43 Å². The Bertz CT molecular complexity index is 190. The summed E-state index contributed by atoms with van der Waals surface area (Å²) in [5.74, 6) is 2.01. The Hall–Kier alpha value is 0.540. The summed E-state index contributed by atoms with van der Waals surface area (Å²) >= 11 is 1.55. The Morgan fingerprint density at radius 2 is 1.29 bits per heavy atom. The second-order valence-corrected chi connectivity index (χ2v) is 7.04. The predicted octanol–water partition coefficient (Wildman–Crippen LogP) is 6.77. The quantitative estimate of drug-likeness (QED) is 0.374. The van der Waals surface area contributed by atoms with Crippen LogP contribution in [0.2, 0.25) is 0 Å². The van der Waals surface area contributed by atoms with Crippen molar-refractivity contribution in [3.8, 4) is 0 Å². The zero-order valence-electron chi connectivity index (χ0n) is 15.1. The Kier molecular flexibility index (Phi) is 19.2. The van der Waals surface area contributed by atoms with E-state index in [9.17, 15) is 0 Å². The van der Waals surface area contributed by atoms with Gasteiger partial charge in [0.15, 0.2) is 0 Å². The third-order valence-corrected chi connectivity index (χ3v) is 5.21. The summed E-state index contributed by atoms with van der Waals surface area (Å²) in [6.45, 7) is 8.95. The molecule has 0 saturated heterocycles. The minimum atomic E-state index is 0. The molecule has 2 heteroatoms. The molecule has 2 fully saturated rings. The molecule has 0 heterocycles. The van der Waals surface area contributed by atoms with Gasteiger partial charge in [0.05, 0.1) is 0 Å². The van der Waals surface area contributed by atoms with E-state index in [2.05, 4.69) is 43.9 Å². The van der Waals surface area contributed by atoms with Gasteiger partial charge in [-0.1, -0.05) is 39.5 Å². The molecule has 1 unspecified atom stereocenters. The fourth-order valence-corrected chi connectivity index (χ4v) is 2.67. The molecule has 0 N–H and O–H groups in total. The molecule has 0 radical (unpaired) electrons. The van der Waals surface area contributed by atoms with E-state index in [4.69, 9.17) is 0 Å². The number of hydrogen-bond acceptors (Lipinski definition) is 1. The maximum absolute atomic E-state index is 4.06. The average molecular weight is 373 g/mol. The maximum atomic E-state index is 4.06. The van der Waals surface area contributed by atoms with Gasteiger partial charge in [0.1, 0.15) is 0 Å². The van der Waals surface area contributed by atoms with Gasteiger partial charge in [0, 0.05) is 0 Å². The van der Waals surface area contributed by atoms with Crippen molar-refractivity contribution in [1.29, 1.82) is 0 Å². The molecule has 0 aromatic heterocycles. The largest absolute Gasteiger partial charge is 0.358 e. The van der Waals surface area contributed by atoms with Crippen LogP contribution in [0.3, 0.4) is 0 Å². The number of nitrogens with zero attached hydrogens (tertiary/aromatic N) is 1. The molecule has 2 aliphatic rings.